The zero-order chi connectivity index (χ0) is 8.81. The third-order valence-electron chi connectivity index (χ3n) is 1.13. The van der Waals surface area contributed by atoms with Crippen molar-refractivity contribution in [1.82, 2.24) is 4.98 Å². The van der Waals surface area contributed by atoms with Crippen LogP contribution in [-0.2, 0) is 4.84 Å². The molecule has 0 aliphatic carbocycles. The Morgan fingerprint density at radius 3 is 3.17 bits per heavy atom. The fourth-order valence-electron chi connectivity index (χ4n) is 0.662. The van der Waals surface area contributed by atoms with Gasteiger partial charge in [-0.05, 0) is 35.0 Å². The van der Waals surface area contributed by atoms with Crippen molar-refractivity contribution in [2.24, 2.45) is 5.16 Å². The first-order valence-corrected chi connectivity index (χ1v) is 4.40. The molecule has 1 rings (SSSR count). The molecule has 4 heteroatoms. The summed E-state index contributed by atoms with van der Waals surface area (Å²) in [5, 5.41) is 3.69. The van der Waals surface area contributed by atoms with Crippen LogP contribution in [0.1, 0.15) is 12.6 Å². The van der Waals surface area contributed by atoms with Crippen molar-refractivity contribution in [3.05, 3.63) is 28.5 Å². The molecule has 0 spiro atoms. The van der Waals surface area contributed by atoms with Gasteiger partial charge in [0.1, 0.15) is 11.2 Å². The molecule has 1 aromatic heterocycles. The van der Waals surface area contributed by atoms with Gasteiger partial charge < -0.3 is 4.84 Å². The first-order chi connectivity index (χ1) is 5.83. The molecule has 12 heavy (non-hydrogen) atoms. The van der Waals surface area contributed by atoms with Crippen molar-refractivity contribution >= 4 is 22.1 Å². The Morgan fingerprint density at radius 2 is 2.50 bits per heavy atom. The van der Waals surface area contributed by atoms with Gasteiger partial charge in [0, 0.05) is 0 Å². The van der Waals surface area contributed by atoms with Crippen molar-refractivity contribution in [3.8, 4) is 0 Å². The zero-order valence-corrected chi connectivity index (χ0v) is 8.28. The summed E-state index contributed by atoms with van der Waals surface area (Å²) in [6.45, 7) is 2.45. The van der Waals surface area contributed by atoms with Crippen LogP contribution in [0.5, 0.6) is 0 Å². The maximum Gasteiger partial charge on any atom is 0.114 e. The summed E-state index contributed by atoms with van der Waals surface area (Å²) in [6.07, 6.45) is 1.58. The summed E-state index contributed by atoms with van der Waals surface area (Å²) in [5.74, 6) is 0. The fraction of sp³-hybridized carbons (Fsp3) is 0.250. The van der Waals surface area contributed by atoms with Crippen LogP contribution in [0, 0.1) is 0 Å². The largest absolute Gasteiger partial charge is 0.396 e. The first-order valence-electron chi connectivity index (χ1n) is 3.61. The van der Waals surface area contributed by atoms with Crippen LogP contribution in [0.4, 0.5) is 0 Å². The standard InChI is InChI=1S/C8H9BrN2O/c1-2-12-10-6-7-4-3-5-8(9)11-7/h3-6H,2H2,1H3. The lowest BCUT2D eigenvalue weighted by Crippen LogP contribution is -1.88. The van der Waals surface area contributed by atoms with E-state index < -0.39 is 0 Å². The van der Waals surface area contributed by atoms with Gasteiger partial charge in [-0.3, -0.25) is 0 Å². The molecule has 3 nitrogen and oxygen atoms in total. The predicted molar refractivity (Wildman–Crippen MR) is 51.2 cm³/mol. The Labute approximate surface area is 79.6 Å². The number of nitrogens with zero attached hydrogens (tertiary/aromatic N) is 2. The number of rotatable bonds is 3. The van der Waals surface area contributed by atoms with Gasteiger partial charge in [0.15, 0.2) is 0 Å². The Morgan fingerprint density at radius 1 is 1.67 bits per heavy atom. The first kappa shape index (κ1) is 9.19. The number of pyridine rings is 1. The Bertz CT molecular complexity index is 276. The lowest BCUT2D eigenvalue weighted by Gasteiger charge is -1.93. The molecule has 0 aliphatic heterocycles. The number of hydrogen-bond donors (Lipinski definition) is 0. The molecule has 0 amide bonds. The summed E-state index contributed by atoms with van der Waals surface area (Å²) in [4.78, 5) is 8.92. The lowest BCUT2D eigenvalue weighted by atomic mass is 10.4. The second-order valence-corrected chi connectivity index (χ2v) is 2.85. The molecule has 0 aromatic carbocycles. The van der Waals surface area contributed by atoms with Crippen molar-refractivity contribution in [2.75, 3.05) is 6.61 Å². The van der Waals surface area contributed by atoms with E-state index in [2.05, 4.69) is 26.1 Å². The van der Waals surface area contributed by atoms with Gasteiger partial charge in [-0.1, -0.05) is 11.2 Å². The quantitative estimate of drug-likeness (QED) is 0.452. The van der Waals surface area contributed by atoms with E-state index in [4.69, 9.17) is 4.84 Å². The average molecular weight is 229 g/mol. The molecule has 0 aliphatic rings. The number of halogens is 1. The maximum absolute atomic E-state index is 4.79. The summed E-state index contributed by atoms with van der Waals surface area (Å²) in [6, 6.07) is 5.61. The van der Waals surface area contributed by atoms with Gasteiger partial charge in [-0.2, -0.15) is 0 Å². The molecule has 1 aromatic rings. The van der Waals surface area contributed by atoms with Crippen LogP contribution >= 0.6 is 15.9 Å². The highest BCUT2D eigenvalue weighted by Gasteiger charge is 1.89. The fourth-order valence-corrected chi connectivity index (χ4v) is 1.02. The normalized spacial score (nSPS) is 10.5. The molecule has 0 saturated heterocycles. The van der Waals surface area contributed by atoms with Crippen molar-refractivity contribution in [1.29, 1.82) is 0 Å². The molecule has 64 valence electrons. The molecule has 0 radical (unpaired) electrons. The van der Waals surface area contributed by atoms with E-state index in [1.165, 1.54) is 0 Å². The highest BCUT2D eigenvalue weighted by atomic mass is 79.9. The van der Waals surface area contributed by atoms with Gasteiger partial charge in [0.05, 0.1) is 11.9 Å². The molecule has 0 fully saturated rings. The van der Waals surface area contributed by atoms with E-state index in [0.717, 1.165) is 10.3 Å². The van der Waals surface area contributed by atoms with E-state index in [-0.39, 0.29) is 0 Å². The molecule has 0 saturated carbocycles. The van der Waals surface area contributed by atoms with Crippen LogP contribution < -0.4 is 0 Å². The highest BCUT2D eigenvalue weighted by Crippen LogP contribution is 2.04. The Hall–Kier alpha value is -0.900. The summed E-state index contributed by atoms with van der Waals surface area (Å²) in [5.41, 5.74) is 0.776. The summed E-state index contributed by atoms with van der Waals surface area (Å²) >= 11 is 3.26. The summed E-state index contributed by atoms with van der Waals surface area (Å²) < 4.78 is 0.794. The molecule has 0 bridgehead atoms. The van der Waals surface area contributed by atoms with Gasteiger partial charge in [0.2, 0.25) is 0 Å². The topological polar surface area (TPSA) is 34.5 Å². The minimum Gasteiger partial charge on any atom is -0.396 e. The minimum absolute atomic E-state index is 0.574. The second-order valence-electron chi connectivity index (χ2n) is 2.04. The average Bonchev–Trinajstić information content (AvgIpc) is 2.05. The van der Waals surface area contributed by atoms with Crippen LogP contribution in [0.25, 0.3) is 0 Å². The Kier molecular flexibility index (Phi) is 3.73. The number of hydrogen-bond acceptors (Lipinski definition) is 3. The SMILES string of the molecule is CCON=Cc1cccc(Br)n1. The van der Waals surface area contributed by atoms with Crippen molar-refractivity contribution < 1.29 is 4.84 Å². The second kappa shape index (κ2) is 4.87. The van der Waals surface area contributed by atoms with E-state index in [1.54, 1.807) is 6.21 Å². The number of oxime groups is 1. The van der Waals surface area contributed by atoms with Crippen molar-refractivity contribution in [2.45, 2.75) is 6.92 Å². The zero-order valence-electron chi connectivity index (χ0n) is 6.70. The van der Waals surface area contributed by atoms with E-state index >= 15 is 0 Å². The van der Waals surface area contributed by atoms with E-state index in [9.17, 15) is 0 Å². The van der Waals surface area contributed by atoms with Gasteiger partial charge in [-0.25, -0.2) is 4.98 Å². The van der Waals surface area contributed by atoms with Crippen LogP contribution in [0.3, 0.4) is 0 Å². The number of aromatic nitrogens is 1. The van der Waals surface area contributed by atoms with Crippen LogP contribution in [0.15, 0.2) is 28.0 Å². The van der Waals surface area contributed by atoms with Crippen molar-refractivity contribution in [3.63, 3.8) is 0 Å². The highest BCUT2D eigenvalue weighted by molar-refractivity contribution is 9.10. The molecular formula is C8H9BrN2O. The third kappa shape index (κ3) is 3.00. The van der Waals surface area contributed by atoms with E-state index in [0.29, 0.717) is 6.61 Å². The minimum atomic E-state index is 0.574. The maximum atomic E-state index is 4.79. The van der Waals surface area contributed by atoms with Crippen LogP contribution in [0.2, 0.25) is 0 Å². The van der Waals surface area contributed by atoms with E-state index in [1.807, 2.05) is 25.1 Å². The molecule has 1 heterocycles. The predicted octanol–water partition coefficient (Wildman–Crippen LogP) is 2.21. The third-order valence-corrected chi connectivity index (χ3v) is 1.57. The molecule has 0 atom stereocenters. The van der Waals surface area contributed by atoms with Gasteiger partial charge in [0.25, 0.3) is 0 Å². The molecule has 0 unspecified atom stereocenters. The molecule has 0 N–H and O–H groups in total. The van der Waals surface area contributed by atoms with Gasteiger partial charge in [-0.15, -0.1) is 0 Å². The van der Waals surface area contributed by atoms with Crippen LogP contribution in [-0.4, -0.2) is 17.8 Å². The Balaban J connectivity index is 2.63. The lowest BCUT2D eigenvalue weighted by molar-refractivity contribution is 0.160. The van der Waals surface area contributed by atoms with Gasteiger partial charge >= 0.3 is 0 Å². The summed E-state index contributed by atoms with van der Waals surface area (Å²) in [7, 11) is 0. The smallest absolute Gasteiger partial charge is 0.114 e. The molecular weight excluding hydrogens is 220 g/mol. The monoisotopic (exact) mass is 228 g/mol.